The summed E-state index contributed by atoms with van der Waals surface area (Å²) in [6.45, 7) is 0.0991. The number of anilines is 2. The van der Waals surface area contributed by atoms with E-state index in [0.29, 0.717) is 5.56 Å². The number of amides is 1. The Kier molecular flexibility index (Phi) is 5.65. The lowest BCUT2D eigenvalue weighted by atomic mass is 9.73. The molecule has 2 N–H and O–H groups in total. The molecule has 1 unspecified atom stereocenters. The number of carbonyl (C=O) groups excluding carboxylic acids is 2. The van der Waals surface area contributed by atoms with E-state index in [4.69, 9.17) is 0 Å². The largest absolute Gasteiger partial charge is 0.341 e. The number of likely N-dealkylation sites (tertiary alicyclic amines) is 1. The third-order valence-corrected chi connectivity index (χ3v) is 9.87. The van der Waals surface area contributed by atoms with Gasteiger partial charge in [-0.15, -0.1) is 4.40 Å². The Morgan fingerprint density at radius 2 is 1.89 bits per heavy atom. The minimum Gasteiger partial charge on any atom is -0.341 e. The van der Waals surface area contributed by atoms with E-state index in [-0.39, 0.29) is 52.3 Å². The normalized spacial score (nSPS) is 29.4. The standard InChI is InChI=1S/C25H25FN4O6S2/c1-37(33,34)28-17-7-8-18-19(11-17)38(35,36)29-24(27-18)21-23(31)20-14-5-6-15(10-14)22(20)30(25(21)32)12-13-3-2-4-16(26)9-13/h2-4,7-9,11,14-15,20-22,28H,5-6,10,12H2,1H3,(H,27,29)/t14-,15+,20+,21?,22-/m0/s1. The second-order valence-corrected chi connectivity index (χ2v) is 13.8. The second kappa shape index (κ2) is 8.60. The van der Waals surface area contributed by atoms with Gasteiger partial charge in [0.15, 0.2) is 11.7 Å². The highest BCUT2D eigenvalue weighted by Crippen LogP contribution is 2.54. The first-order valence-corrected chi connectivity index (χ1v) is 15.6. The van der Waals surface area contributed by atoms with E-state index in [2.05, 4.69) is 14.4 Å². The molecular formula is C25H25FN4O6S2. The van der Waals surface area contributed by atoms with Crippen LogP contribution in [0.4, 0.5) is 15.8 Å². The number of fused-ring (bicyclic) bond motifs is 6. The van der Waals surface area contributed by atoms with Gasteiger partial charge >= 0.3 is 0 Å². The summed E-state index contributed by atoms with van der Waals surface area (Å²) in [7, 11) is -8.01. The molecule has 38 heavy (non-hydrogen) atoms. The summed E-state index contributed by atoms with van der Waals surface area (Å²) in [5.41, 5.74) is 0.697. The number of nitrogens with zero attached hydrogens (tertiary/aromatic N) is 2. The minimum absolute atomic E-state index is 0.0335. The highest BCUT2D eigenvalue weighted by atomic mass is 32.2. The topological polar surface area (TPSA) is 142 Å². The fourth-order valence-corrected chi connectivity index (χ4v) is 8.32. The molecule has 1 saturated heterocycles. The first-order chi connectivity index (χ1) is 17.9. The molecule has 4 aliphatic rings. The molecule has 0 spiro atoms. The van der Waals surface area contributed by atoms with Crippen molar-refractivity contribution < 1.29 is 30.8 Å². The van der Waals surface area contributed by atoms with Crippen molar-refractivity contribution in [3.63, 3.8) is 0 Å². The number of halogens is 1. The summed E-state index contributed by atoms with van der Waals surface area (Å²) in [5, 5.41) is 2.86. The Labute approximate surface area is 219 Å². The van der Waals surface area contributed by atoms with Crippen LogP contribution in [0.15, 0.2) is 51.8 Å². The first-order valence-electron chi connectivity index (χ1n) is 12.2. The van der Waals surface area contributed by atoms with Gasteiger partial charge in [0.05, 0.1) is 11.9 Å². The zero-order chi connectivity index (χ0) is 27.0. The van der Waals surface area contributed by atoms with E-state index < -0.39 is 43.6 Å². The van der Waals surface area contributed by atoms with Crippen LogP contribution in [0, 0.1) is 29.5 Å². The van der Waals surface area contributed by atoms with Crippen LogP contribution in [-0.2, 0) is 36.2 Å². The Hall–Kier alpha value is -3.32. The third kappa shape index (κ3) is 4.17. The maximum absolute atomic E-state index is 13.9. The van der Waals surface area contributed by atoms with Gasteiger partial charge in [-0.1, -0.05) is 12.1 Å². The summed E-state index contributed by atoms with van der Waals surface area (Å²) in [6.07, 6.45) is 3.52. The van der Waals surface area contributed by atoms with E-state index in [0.717, 1.165) is 31.6 Å². The lowest BCUT2D eigenvalue weighted by Gasteiger charge is -2.45. The predicted molar refractivity (Wildman–Crippen MR) is 137 cm³/mol. The molecule has 13 heteroatoms. The fourth-order valence-electron chi connectivity index (χ4n) is 6.58. The number of rotatable bonds is 5. The highest BCUT2D eigenvalue weighted by Gasteiger charge is 2.60. The molecule has 5 atom stereocenters. The maximum atomic E-state index is 13.9. The van der Waals surface area contributed by atoms with Gasteiger partial charge in [0.2, 0.25) is 15.9 Å². The molecule has 1 amide bonds. The molecule has 3 fully saturated rings. The quantitative estimate of drug-likeness (QED) is 0.535. The molecule has 2 aliphatic heterocycles. The molecule has 2 aromatic rings. The fraction of sp³-hybridized carbons (Fsp3) is 0.400. The first kappa shape index (κ1) is 25.0. The number of nitrogens with one attached hydrogen (secondary N) is 2. The van der Waals surface area contributed by atoms with Gasteiger partial charge in [0, 0.05) is 24.2 Å². The van der Waals surface area contributed by atoms with Gasteiger partial charge in [-0.25, -0.2) is 12.8 Å². The number of amidine groups is 1. The summed E-state index contributed by atoms with van der Waals surface area (Å²) >= 11 is 0. The van der Waals surface area contributed by atoms with Gasteiger partial charge in [-0.05, 0) is 67.0 Å². The zero-order valence-corrected chi connectivity index (χ0v) is 21.9. The average Bonchev–Trinajstić information content (AvgIpc) is 3.43. The highest BCUT2D eigenvalue weighted by molar-refractivity contribution is 7.92. The Balaban J connectivity index is 1.38. The molecule has 2 aliphatic carbocycles. The van der Waals surface area contributed by atoms with Gasteiger partial charge in [0.1, 0.15) is 16.5 Å². The van der Waals surface area contributed by atoms with Crippen LogP contribution in [0.25, 0.3) is 0 Å². The smallest absolute Gasteiger partial charge is 0.286 e. The van der Waals surface area contributed by atoms with E-state index in [1.54, 1.807) is 17.0 Å². The summed E-state index contributed by atoms with van der Waals surface area (Å²) in [4.78, 5) is 29.0. The minimum atomic E-state index is -4.36. The van der Waals surface area contributed by atoms with E-state index >= 15 is 0 Å². The Morgan fingerprint density at radius 1 is 1.13 bits per heavy atom. The number of ketones is 1. The van der Waals surface area contributed by atoms with Crippen LogP contribution >= 0.6 is 0 Å². The van der Waals surface area contributed by atoms with Gasteiger partial charge in [0.25, 0.3) is 10.0 Å². The molecule has 2 aromatic carbocycles. The van der Waals surface area contributed by atoms with Gasteiger partial charge in [-0.2, -0.15) is 8.42 Å². The lowest BCUT2D eigenvalue weighted by Crippen LogP contribution is -2.61. The van der Waals surface area contributed by atoms with Crippen molar-refractivity contribution in [3.8, 4) is 0 Å². The number of piperidine rings is 1. The molecule has 10 nitrogen and oxygen atoms in total. The number of hydrogen-bond acceptors (Lipinski definition) is 7. The number of carbonyl (C=O) groups is 2. The van der Waals surface area contributed by atoms with Crippen LogP contribution in [0.3, 0.4) is 0 Å². The Morgan fingerprint density at radius 3 is 2.63 bits per heavy atom. The van der Waals surface area contributed by atoms with E-state index in [1.807, 2.05) is 0 Å². The van der Waals surface area contributed by atoms with E-state index in [9.17, 15) is 30.8 Å². The molecular weight excluding hydrogens is 535 g/mol. The number of benzene rings is 2. The summed E-state index contributed by atoms with van der Waals surface area (Å²) < 4.78 is 69.4. The molecule has 6 rings (SSSR count). The third-order valence-electron chi connectivity index (χ3n) is 7.93. The van der Waals surface area contributed by atoms with Crippen LogP contribution in [0.1, 0.15) is 24.8 Å². The summed E-state index contributed by atoms with van der Waals surface area (Å²) in [5.74, 6) is -3.24. The molecule has 2 heterocycles. The molecule has 2 saturated carbocycles. The zero-order valence-electron chi connectivity index (χ0n) is 20.3. The van der Waals surface area contributed by atoms with Crippen LogP contribution in [0.2, 0.25) is 0 Å². The maximum Gasteiger partial charge on any atom is 0.286 e. The van der Waals surface area contributed by atoms with Crippen LogP contribution in [-0.4, -0.2) is 51.6 Å². The molecule has 0 aromatic heterocycles. The lowest BCUT2D eigenvalue weighted by molar-refractivity contribution is -0.153. The average molecular weight is 561 g/mol. The monoisotopic (exact) mass is 560 g/mol. The van der Waals surface area contributed by atoms with Crippen molar-refractivity contribution in [2.45, 2.75) is 36.7 Å². The summed E-state index contributed by atoms with van der Waals surface area (Å²) in [6, 6.07) is 9.48. The van der Waals surface area contributed by atoms with Crippen molar-refractivity contribution in [1.29, 1.82) is 0 Å². The van der Waals surface area contributed by atoms with Crippen molar-refractivity contribution in [2.75, 3.05) is 16.3 Å². The predicted octanol–water partition coefficient (Wildman–Crippen LogP) is 2.35. The van der Waals surface area contributed by atoms with Crippen molar-refractivity contribution >= 4 is 48.9 Å². The number of Topliss-reactive ketones (excluding diaryl/α,β-unsaturated/α-hetero) is 1. The Bertz CT molecular complexity index is 1620. The molecule has 200 valence electrons. The molecule has 0 radical (unpaired) electrons. The second-order valence-electron chi connectivity index (χ2n) is 10.4. The van der Waals surface area contributed by atoms with Crippen LogP contribution in [0.5, 0.6) is 0 Å². The van der Waals surface area contributed by atoms with Gasteiger partial charge in [-0.3, -0.25) is 14.3 Å². The SMILES string of the molecule is CS(=O)(=O)Nc1ccc2c(c1)S(=O)(=O)N=C(C1C(=O)[C@@H]3[C@H]4CC[C@H](C4)[C@@H]3N(Cc3cccc(F)c3)C1=O)N2. The van der Waals surface area contributed by atoms with Crippen LogP contribution < -0.4 is 10.0 Å². The van der Waals surface area contributed by atoms with Crippen molar-refractivity contribution in [3.05, 3.63) is 53.8 Å². The number of sulfonamides is 2. The van der Waals surface area contributed by atoms with Crippen molar-refractivity contribution in [2.24, 2.45) is 28.1 Å². The van der Waals surface area contributed by atoms with Gasteiger partial charge < -0.3 is 10.2 Å². The van der Waals surface area contributed by atoms with Crippen molar-refractivity contribution in [1.82, 2.24) is 4.90 Å². The number of hydrogen-bond donors (Lipinski definition) is 2. The molecule has 2 bridgehead atoms. The van der Waals surface area contributed by atoms with E-state index in [1.165, 1.54) is 24.3 Å².